The minimum absolute atomic E-state index is 0.0632. The Hall–Kier alpha value is -2.04. The molecule has 1 aromatic rings. The van der Waals surface area contributed by atoms with Crippen LogP contribution >= 0.6 is 0 Å². The average Bonchev–Trinajstić information content (AvgIpc) is 2.67. The fourth-order valence-corrected chi connectivity index (χ4v) is 3.45. The Bertz CT molecular complexity index is 526. The number of carbonyl (C=O) groups is 2. The van der Waals surface area contributed by atoms with Crippen molar-refractivity contribution in [2.45, 2.75) is 64.0 Å². The highest BCUT2D eigenvalue weighted by atomic mass is 16.5. The van der Waals surface area contributed by atoms with Gasteiger partial charge in [-0.25, -0.2) is 4.79 Å². The van der Waals surface area contributed by atoms with Gasteiger partial charge in [0.15, 0.2) is 0 Å². The van der Waals surface area contributed by atoms with Gasteiger partial charge in [-0.2, -0.15) is 0 Å². The number of amides is 1. The summed E-state index contributed by atoms with van der Waals surface area (Å²) in [5, 5.41) is 3.04. The minimum Gasteiger partial charge on any atom is -0.469 e. The van der Waals surface area contributed by atoms with Crippen LogP contribution in [0.25, 0.3) is 0 Å². The number of rotatable bonds is 8. The Morgan fingerprint density at radius 3 is 2.56 bits per heavy atom. The fraction of sp³-hybridized carbons (Fsp3) is 0.600. The highest BCUT2D eigenvalue weighted by molar-refractivity contribution is 5.69. The molecule has 2 rings (SSSR count). The van der Waals surface area contributed by atoms with E-state index in [1.807, 2.05) is 30.3 Å². The molecule has 25 heavy (non-hydrogen) atoms. The van der Waals surface area contributed by atoms with E-state index in [1.54, 1.807) is 0 Å². The molecule has 5 nitrogen and oxygen atoms in total. The van der Waals surface area contributed by atoms with Crippen molar-refractivity contribution < 1.29 is 19.1 Å². The van der Waals surface area contributed by atoms with Gasteiger partial charge in [-0.1, -0.05) is 49.6 Å². The molecule has 1 aliphatic rings. The zero-order valence-corrected chi connectivity index (χ0v) is 15.0. The molecule has 0 heterocycles. The zero-order valence-electron chi connectivity index (χ0n) is 15.0. The van der Waals surface area contributed by atoms with Gasteiger partial charge in [-0.3, -0.25) is 4.79 Å². The molecule has 1 amide bonds. The van der Waals surface area contributed by atoms with E-state index in [-0.39, 0.29) is 24.7 Å². The van der Waals surface area contributed by atoms with Crippen LogP contribution in [0.3, 0.4) is 0 Å². The molecule has 0 saturated heterocycles. The van der Waals surface area contributed by atoms with E-state index in [9.17, 15) is 9.59 Å². The smallest absolute Gasteiger partial charge is 0.407 e. The molecule has 138 valence electrons. The third kappa shape index (κ3) is 7.16. The minimum atomic E-state index is -0.377. The van der Waals surface area contributed by atoms with Gasteiger partial charge in [0.05, 0.1) is 7.11 Å². The normalized spacial score (nSPS) is 16.0. The maximum absolute atomic E-state index is 12.2. The topological polar surface area (TPSA) is 64.6 Å². The van der Waals surface area contributed by atoms with E-state index >= 15 is 0 Å². The molecule has 0 aliphatic heterocycles. The van der Waals surface area contributed by atoms with Crippen molar-refractivity contribution in [3.63, 3.8) is 0 Å². The predicted molar refractivity (Wildman–Crippen MR) is 96.0 cm³/mol. The van der Waals surface area contributed by atoms with Crippen LogP contribution in [0.4, 0.5) is 4.79 Å². The Morgan fingerprint density at radius 2 is 1.88 bits per heavy atom. The lowest BCUT2D eigenvalue weighted by Gasteiger charge is -2.30. The third-order valence-electron chi connectivity index (χ3n) is 4.86. The quantitative estimate of drug-likeness (QED) is 0.716. The molecule has 0 radical (unpaired) electrons. The van der Waals surface area contributed by atoms with E-state index in [2.05, 4.69) is 5.32 Å². The molecule has 0 aromatic heterocycles. The molecular formula is C20H29NO4. The summed E-state index contributed by atoms with van der Waals surface area (Å²) in [6.07, 6.45) is 7.44. The standard InChI is InChI=1S/C20H29NO4/c1-24-19(22)14-8-13-18(17-11-6-3-7-12-17)21-20(23)25-15-16-9-4-2-5-10-16/h2,4-5,9-10,17-18H,3,6-8,11-15H2,1H3,(H,21,23)/t18-/m0/s1. The van der Waals surface area contributed by atoms with Crippen LogP contribution in [0.2, 0.25) is 0 Å². The number of benzene rings is 1. The fourth-order valence-electron chi connectivity index (χ4n) is 3.45. The van der Waals surface area contributed by atoms with E-state index in [0.717, 1.165) is 24.8 Å². The second-order valence-electron chi connectivity index (χ2n) is 6.68. The number of hydrogen-bond donors (Lipinski definition) is 1. The van der Waals surface area contributed by atoms with E-state index in [0.29, 0.717) is 18.8 Å². The predicted octanol–water partition coefficient (Wildman–Crippen LogP) is 4.21. The first-order chi connectivity index (χ1) is 12.2. The van der Waals surface area contributed by atoms with Gasteiger partial charge in [0.2, 0.25) is 0 Å². The lowest BCUT2D eigenvalue weighted by molar-refractivity contribution is -0.140. The molecule has 1 N–H and O–H groups in total. The van der Waals surface area contributed by atoms with Crippen LogP contribution in [-0.2, 0) is 20.9 Å². The second-order valence-corrected chi connectivity index (χ2v) is 6.68. The number of esters is 1. The molecule has 1 atom stereocenters. The van der Waals surface area contributed by atoms with Crippen molar-refractivity contribution in [3.8, 4) is 0 Å². The summed E-state index contributed by atoms with van der Waals surface area (Å²) >= 11 is 0. The van der Waals surface area contributed by atoms with Crippen LogP contribution in [0.15, 0.2) is 30.3 Å². The zero-order chi connectivity index (χ0) is 17.9. The summed E-state index contributed by atoms with van der Waals surface area (Å²) in [6, 6.07) is 9.71. The number of carbonyl (C=O) groups excluding carboxylic acids is 2. The van der Waals surface area contributed by atoms with Gasteiger partial charge in [-0.05, 0) is 37.2 Å². The number of ether oxygens (including phenoxy) is 2. The summed E-state index contributed by atoms with van der Waals surface area (Å²) < 4.78 is 10.1. The summed E-state index contributed by atoms with van der Waals surface area (Å²) in [5.41, 5.74) is 0.970. The molecule has 5 heteroatoms. The molecule has 1 aromatic carbocycles. The highest BCUT2D eigenvalue weighted by Crippen LogP contribution is 2.28. The van der Waals surface area contributed by atoms with Crippen molar-refractivity contribution in [2.24, 2.45) is 5.92 Å². The van der Waals surface area contributed by atoms with Crippen LogP contribution in [0.5, 0.6) is 0 Å². The van der Waals surface area contributed by atoms with Gasteiger partial charge in [-0.15, -0.1) is 0 Å². The molecule has 1 aliphatic carbocycles. The van der Waals surface area contributed by atoms with Gasteiger partial charge in [0.25, 0.3) is 0 Å². The molecule has 0 spiro atoms. The second kappa shape index (κ2) is 10.7. The summed E-state index contributed by atoms with van der Waals surface area (Å²) in [4.78, 5) is 23.5. The Labute approximate surface area is 150 Å². The molecular weight excluding hydrogens is 318 g/mol. The third-order valence-corrected chi connectivity index (χ3v) is 4.86. The van der Waals surface area contributed by atoms with Gasteiger partial charge in [0.1, 0.15) is 6.61 Å². The Kier molecular flexibility index (Phi) is 8.29. The number of hydrogen-bond acceptors (Lipinski definition) is 4. The van der Waals surface area contributed by atoms with Crippen molar-refractivity contribution >= 4 is 12.1 Å². The molecule has 1 fully saturated rings. The Balaban J connectivity index is 1.82. The molecule has 1 saturated carbocycles. The van der Waals surface area contributed by atoms with Crippen LogP contribution in [-0.4, -0.2) is 25.2 Å². The first kappa shape index (κ1) is 19.3. The van der Waals surface area contributed by atoms with E-state index in [4.69, 9.17) is 9.47 Å². The van der Waals surface area contributed by atoms with Gasteiger partial charge < -0.3 is 14.8 Å². The van der Waals surface area contributed by atoms with E-state index < -0.39 is 0 Å². The lowest BCUT2D eigenvalue weighted by Crippen LogP contribution is -2.41. The van der Waals surface area contributed by atoms with Crippen LogP contribution < -0.4 is 5.32 Å². The molecule has 0 bridgehead atoms. The van der Waals surface area contributed by atoms with Crippen molar-refractivity contribution in [1.29, 1.82) is 0 Å². The first-order valence-corrected chi connectivity index (χ1v) is 9.23. The largest absolute Gasteiger partial charge is 0.469 e. The summed E-state index contributed by atoms with van der Waals surface area (Å²) in [6.45, 7) is 0.270. The first-order valence-electron chi connectivity index (χ1n) is 9.23. The summed E-state index contributed by atoms with van der Waals surface area (Å²) in [5.74, 6) is 0.268. The maximum atomic E-state index is 12.2. The number of methoxy groups -OCH3 is 1. The van der Waals surface area contributed by atoms with Gasteiger partial charge in [0, 0.05) is 12.5 Å². The lowest BCUT2D eigenvalue weighted by atomic mass is 9.82. The summed E-state index contributed by atoms with van der Waals surface area (Å²) in [7, 11) is 1.40. The average molecular weight is 347 g/mol. The molecule has 0 unspecified atom stereocenters. The Morgan fingerprint density at radius 1 is 1.16 bits per heavy atom. The highest BCUT2D eigenvalue weighted by Gasteiger charge is 2.25. The van der Waals surface area contributed by atoms with Gasteiger partial charge >= 0.3 is 12.1 Å². The maximum Gasteiger partial charge on any atom is 0.407 e. The number of alkyl carbamates (subject to hydrolysis) is 1. The van der Waals surface area contributed by atoms with Crippen molar-refractivity contribution in [1.82, 2.24) is 5.32 Å². The van der Waals surface area contributed by atoms with Crippen molar-refractivity contribution in [3.05, 3.63) is 35.9 Å². The van der Waals surface area contributed by atoms with Crippen LogP contribution in [0, 0.1) is 5.92 Å². The number of nitrogens with one attached hydrogen (secondary N) is 1. The van der Waals surface area contributed by atoms with E-state index in [1.165, 1.54) is 26.4 Å². The SMILES string of the molecule is COC(=O)CCC[C@H](NC(=O)OCc1ccccc1)C1CCCCC1. The van der Waals surface area contributed by atoms with Crippen LogP contribution in [0.1, 0.15) is 56.9 Å². The monoisotopic (exact) mass is 347 g/mol. The van der Waals surface area contributed by atoms with Crippen molar-refractivity contribution in [2.75, 3.05) is 7.11 Å².